The van der Waals surface area contributed by atoms with Crippen molar-refractivity contribution in [3.63, 3.8) is 0 Å². The number of carbonyl (C=O) groups excluding carboxylic acids is 2. The number of tetrazole rings is 1. The Morgan fingerprint density at radius 2 is 1.97 bits per heavy atom. The molecule has 1 aromatic heterocycles. The van der Waals surface area contributed by atoms with Crippen LogP contribution in [-0.2, 0) is 16.0 Å². The predicted molar refractivity (Wildman–Crippen MR) is 115 cm³/mol. The van der Waals surface area contributed by atoms with E-state index in [1.807, 2.05) is 12.1 Å². The number of nitrogens with one attached hydrogen (secondary N) is 1. The molecule has 1 amide bonds. The van der Waals surface area contributed by atoms with Crippen LogP contribution >= 0.6 is 11.8 Å². The molecule has 1 N–H and O–H groups in total. The standard InChI is InChI=1S/C21H23N5O3S/c1-3-4-6-15-9-11-18(12-10-15)26-21(23-24-25-26)30-14-19(27)22-17-8-5-7-16(13-17)20(28)29-2/h5,7-13H,3-4,6,14H2,1-2H3,(H,22,27). The Labute approximate surface area is 179 Å². The van der Waals surface area contributed by atoms with Gasteiger partial charge in [0.25, 0.3) is 0 Å². The van der Waals surface area contributed by atoms with Crippen LogP contribution in [0, 0.1) is 0 Å². The number of rotatable bonds is 9. The minimum absolute atomic E-state index is 0.122. The molecule has 0 fully saturated rings. The van der Waals surface area contributed by atoms with E-state index >= 15 is 0 Å². The summed E-state index contributed by atoms with van der Waals surface area (Å²) in [6.07, 6.45) is 3.36. The molecule has 0 spiro atoms. The third-order valence-corrected chi connectivity index (χ3v) is 5.26. The first-order valence-electron chi connectivity index (χ1n) is 9.59. The van der Waals surface area contributed by atoms with Gasteiger partial charge in [-0.15, -0.1) is 5.10 Å². The summed E-state index contributed by atoms with van der Waals surface area (Å²) in [6.45, 7) is 2.17. The number of esters is 1. The topological polar surface area (TPSA) is 99.0 Å². The lowest BCUT2D eigenvalue weighted by atomic mass is 10.1. The largest absolute Gasteiger partial charge is 0.465 e. The average Bonchev–Trinajstić information content (AvgIpc) is 3.25. The van der Waals surface area contributed by atoms with Crippen LogP contribution in [-0.4, -0.2) is 44.9 Å². The summed E-state index contributed by atoms with van der Waals surface area (Å²) in [7, 11) is 1.31. The van der Waals surface area contributed by atoms with Crippen LogP contribution in [0.3, 0.4) is 0 Å². The molecule has 8 nitrogen and oxygen atoms in total. The summed E-state index contributed by atoms with van der Waals surface area (Å²) in [5, 5.41) is 15.1. The van der Waals surface area contributed by atoms with Crippen molar-refractivity contribution in [2.45, 2.75) is 31.3 Å². The number of ether oxygens (including phenoxy) is 1. The van der Waals surface area contributed by atoms with Crippen molar-refractivity contribution in [2.75, 3.05) is 18.2 Å². The number of carbonyl (C=O) groups is 2. The smallest absolute Gasteiger partial charge is 0.337 e. The van der Waals surface area contributed by atoms with Gasteiger partial charge in [-0.1, -0.05) is 43.3 Å². The van der Waals surface area contributed by atoms with E-state index < -0.39 is 5.97 Å². The van der Waals surface area contributed by atoms with E-state index in [0.29, 0.717) is 16.4 Å². The maximum absolute atomic E-state index is 12.3. The first-order valence-corrected chi connectivity index (χ1v) is 10.6. The van der Waals surface area contributed by atoms with Gasteiger partial charge in [-0.05, 0) is 59.2 Å². The summed E-state index contributed by atoms with van der Waals surface area (Å²) >= 11 is 1.23. The molecule has 0 saturated heterocycles. The second-order valence-electron chi connectivity index (χ2n) is 6.55. The van der Waals surface area contributed by atoms with Gasteiger partial charge >= 0.3 is 5.97 Å². The van der Waals surface area contributed by atoms with Crippen LogP contribution in [0.4, 0.5) is 5.69 Å². The summed E-state index contributed by atoms with van der Waals surface area (Å²) in [6, 6.07) is 14.7. The molecule has 1 heterocycles. The van der Waals surface area contributed by atoms with E-state index in [4.69, 9.17) is 4.74 Å². The predicted octanol–water partition coefficient (Wildman–Crippen LogP) is 3.52. The van der Waals surface area contributed by atoms with Gasteiger partial charge in [0.2, 0.25) is 11.1 Å². The number of amides is 1. The highest BCUT2D eigenvalue weighted by atomic mass is 32.2. The summed E-state index contributed by atoms with van der Waals surface area (Å²) < 4.78 is 6.30. The Hall–Kier alpha value is -3.20. The Balaban J connectivity index is 1.60. The monoisotopic (exact) mass is 425 g/mol. The van der Waals surface area contributed by atoms with E-state index in [1.54, 1.807) is 28.9 Å². The van der Waals surface area contributed by atoms with Crippen molar-refractivity contribution >= 4 is 29.3 Å². The molecule has 0 atom stereocenters. The molecule has 9 heteroatoms. The van der Waals surface area contributed by atoms with E-state index in [1.165, 1.54) is 24.4 Å². The fourth-order valence-corrected chi connectivity index (χ4v) is 3.48. The molecule has 0 aliphatic rings. The SMILES string of the molecule is CCCCc1ccc(-n2nnnc2SCC(=O)Nc2cccc(C(=O)OC)c2)cc1. The molecule has 3 rings (SSSR count). The lowest BCUT2D eigenvalue weighted by Crippen LogP contribution is -2.15. The van der Waals surface area contributed by atoms with E-state index in [9.17, 15) is 9.59 Å². The summed E-state index contributed by atoms with van der Waals surface area (Å²) in [5.41, 5.74) is 3.01. The number of methoxy groups -OCH3 is 1. The number of unbranched alkanes of at least 4 members (excludes halogenated alkanes) is 1. The Kier molecular flexibility index (Phi) is 7.56. The lowest BCUT2D eigenvalue weighted by Gasteiger charge is -2.07. The molecule has 0 unspecified atom stereocenters. The zero-order valence-corrected chi connectivity index (χ0v) is 17.7. The first-order chi connectivity index (χ1) is 14.6. The second kappa shape index (κ2) is 10.5. The van der Waals surface area contributed by atoms with Crippen LogP contribution in [0.25, 0.3) is 5.69 Å². The van der Waals surface area contributed by atoms with Crippen LogP contribution < -0.4 is 5.32 Å². The van der Waals surface area contributed by atoms with Crippen LogP contribution in [0.2, 0.25) is 0 Å². The fraction of sp³-hybridized carbons (Fsp3) is 0.286. The molecule has 3 aromatic rings. The third kappa shape index (κ3) is 5.66. The number of aromatic nitrogens is 4. The maximum Gasteiger partial charge on any atom is 0.337 e. The van der Waals surface area contributed by atoms with Gasteiger partial charge in [0.05, 0.1) is 24.1 Å². The Bertz CT molecular complexity index is 1000. The maximum atomic E-state index is 12.3. The minimum atomic E-state index is -0.458. The zero-order chi connectivity index (χ0) is 21.3. The van der Waals surface area contributed by atoms with Gasteiger partial charge in [-0.25, -0.2) is 4.79 Å². The fourth-order valence-electron chi connectivity index (χ4n) is 2.78. The van der Waals surface area contributed by atoms with Crippen molar-refractivity contribution in [2.24, 2.45) is 0 Å². The number of nitrogens with zero attached hydrogens (tertiary/aromatic N) is 4. The normalized spacial score (nSPS) is 10.6. The minimum Gasteiger partial charge on any atom is -0.465 e. The average molecular weight is 426 g/mol. The van der Waals surface area contributed by atoms with Gasteiger partial charge < -0.3 is 10.1 Å². The van der Waals surface area contributed by atoms with Gasteiger partial charge in [-0.3, -0.25) is 4.79 Å². The molecule has 0 aliphatic heterocycles. The summed E-state index contributed by atoms with van der Waals surface area (Å²) in [4.78, 5) is 23.9. The van der Waals surface area contributed by atoms with Gasteiger partial charge in [0, 0.05) is 5.69 Å². The van der Waals surface area contributed by atoms with Crippen molar-refractivity contribution in [3.8, 4) is 5.69 Å². The van der Waals surface area contributed by atoms with Gasteiger partial charge in [-0.2, -0.15) is 4.68 Å². The van der Waals surface area contributed by atoms with E-state index in [2.05, 4.69) is 39.9 Å². The van der Waals surface area contributed by atoms with Gasteiger partial charge in [0.1, 0.15) is 0 Å². The molecule has 0 saturated carbocycles. The summed E-state index contributed by atoms with van der Waals surface area (Å²) in [5.74, 6) is -0.566. The van der Waals surface area contributed by atoms with Gasteiger partial charge in [0.15, 0.2) is 0 Å². The molecule has 156 valence electrons. The Morgan fingerprint density at radius 3 is 2.70 bits per heavy atom. The zero-order valence-electron chi connectivity index (χ0n) is 16.9. The molecule has 0 bridgehead atoms. The number of aryl methyl sites for hydroxylation is 1. The molecule has 2 aromatic carbocycles. The quantitative estimate of drug-likeness (QED) is 0.414. The number of hydrogen-bond acceptors (Lipinski definition) is 7. The highest BCUT2D eigenvalue weighted by Gasteiger charge is 2.13. The Morgan fingerprint density at radius 1 is 1.17 bits per heavy atom. The van der Waals surface area contributed by atoms with Crippen LogP contribution in [0.1, 0.15) is 35.7 Å². The molecule has 0 radical (unpaired) electrons. The number of benzene rings is 2. The van der Waals surface area contributed by atoms with Crippen molar-refractivity contribution in [1.82, 2.24) is 20.2 Å². The number of thioether (sulfide) groups is 1. The second-order valence-corrected chi connectivity index (χ2v) is 7.49. The van der Waals surface area contributed by atoms with Crippen molar-refractivity contribution < 1.29 is 14.3 Å². The molecule has 30 heavy (non-hydrogen) atoms. The highest BCUT2D eigenvalue weighted by molar-refractivity contribution is 7.99. The first kappa shape index (κ1) is 21.5. The van der Waals surface area contributed by atoms with E-state index in [0.717, 1.165) is 24.9 Å². The molecular formula is C21H23N5O3S. The van der Waals surface area contributed by atoms with Crippen LogP contribution in [0.15, 0.2) is 53.7 Å². The van der Waals surface area contributed by atoms with Crippen LogP contribution in [0.5, 0.6) is 0 Å². The third-order valence-electron chi connectivity index (χ3n) is 4.34. The number of hydrogen-bond donors (Lipinski definition) is 1. The van der Waals surface area contributed by atoms with Crippen molar-refractivity contribution in [3.05, 3.63) is 59.7 Å². The molecular weight excluding hydrogens is 402 g/mol. The lowest BCUT2D eigenvalue weighted by molar-refractivity contribution is -0.113. The molecule has 0 aliphatic carbocycles. The van der Waals surface area contributed by atoms with Crippen molar-refractivity contribution in [1.29, 1.82) is 0 Å². The highest BCUT2D eigenvalue weighted by Crippen LogP contribution is 2.20. The van der Waals surface area contributed by atoms with E-state index in [-0.39, 0.29) is 11.7 Å². The number of anilines is 1.